The van der Waals surface area contributed by atoms with Gasteiger partial charge < -0.3 is 10.2 Å². The van der Waals surface area contributed by atoms with E-state index in [9.17, 15) is 4.79 Å². The van der Waals surface area contributed by atoms with E-state index in [-0.39, 0.29) is 5.91 Å². The topological polar surface area (TPSA) is 58.1 Å². The first kappa shape index (κ1) is 17.9. The number of carbonyl (C=O) groups excluding carboxylic acids is 1. The van der Waals surface area contributed by atoms with Crippen LogP contribution in [0.15, 0.2) is 30.3 Å². The maximum atomic E-state index is 12.6. The van der Waals surface area contributed by atoms with E-state index in [0.29, 0.717) is 11.5 Å². The molecule has 0 radical (unpaired) electrons. The lowest BCUT2D eigenvalue weighted by atomic mass is 10.2. The third-order valence-corrected chi connectivity index (χ3v) is 3.76. The Hall–Kier alpha value is -2.43. The predicted molar refractivity (Wildman–Crippen MR) is 98.7 cm³/mol. The summed E-state index contributed by atoms with van der Waals surface area (Å²) in [7, 11) is 0. The Bertz CT molecular complexity index is 694. The molecule has 5 nitrogen and oxygen atoms in total. The van der Waals surface area contributed by atoms with Crippen LogP contribution >= 0.6 is 0 Å². The van der Waals surface area contributed by atoms with Crippen LogP contribution in [0, 0.1) is 13.8 Å². The summed E-state index contributed by atoms with van der Waals surface area (Å²) < 4.78 is 0. The fourth-order valence-electron chi connectivity index (χ4n) is 2.61. The third-order valence-electron chi connectivity index (χ3n) is 3.76. The third kappa shape index (κ3) is 4.54. The summed E-state index contributed by atoms with van der Waals surface area (Å²) >= 11 is 0. The van der Waals surface area contributed by atoms with Crippen LogP contribution in [-0.4, -0.2) is 29.0 Å². The first-order chi connectivity index (χ1) is 11.5. The summed E-state index contributed by atoms with van der Waals surface area (Å²) in [4.78, 5) is 23.6. The number of hydrogen-bond donors (Lipinski definition) is 1. The van der Waals surface area contributed by atoms with Gasteiger partial charge in [0.25, 0.3) is 5.91 Å². The number of hydrogen-bond acceptors (Lipinski definition) is 4. The summed E-state index contributed by atoms with van der Waals surface area (Å²) in [6.07, 6.45) is 2.07. The first-order valence-corrected chi connectivity index (χ1v) is 8.52. The molecule has 2 rings (SSSR count). The highest BCUT2D eigenvalue weighted by Crippen LogP contribution is 2.17. The van der Waals surface area contributed by atoms with Gasteiger partial charge in [0.2, 0.25) is 0 Å². The number of aromatic nitrogens is 2. The Morgan fingerprint density at radius 2 is 1.75 bits per heavy atom. The maximum Gasteiger partial charge on any atom is 0.274 e. The number of amides is 1. The molecule has 24 heavy (non-hydrogen) atoms. The zero-order valence-corrected chi connectivity index (χ0v) is 15.0. The van der Waals surface area contributed by atoms with Crippen LogP contribution in [0.5, 0.6) is 0 Å². The second-order valence-electron chi connectivity index (χ2n) is 5.91. The molecule has 0 aliphatic rings. The molecule has 0 unspecified atom stereocenters. The Balaban J connectivity index is 2.26. The summed E-state index contributed by atoms with van der Waals surface area (Å²) in [5.41, 5.74) is 2.23. The minimum Gasteiger partial charge on any atom is -0.357 e. The van der Waals surface area contributed by atoms with E-state index in [4.69, 9.17) is 0 Å². The van der Waals surface area contributed by atoms with Crippen molar-refractivity contribution in [3.05, 3.63) is 47.4 Å². The van der Waals surface area contributed by atoms with Crippen LogP contribution in [0.3, 0.4) is 0 Å². The average Bonchev–Trinajstić information content (AvgIpc) is 2.56. The van der Waals surface area contributed by atoms with Crippen molar-refractivity contribution in [2.75, 3.05) is 23.3 Å². The molecule has 0 atom stereocenters. The van der Waals surface area contributed by atoms with Gasteiger partial charge in [0.1, 0.15) is 17.3 Å². The summed E-state index contributed by atoms with van der Waals surface area (Å²) in [6, 6.07) is 9.50. The molecule has 0 saturated heterocycles. The van der Waals surface area contributed by atoms with Crippen molar-refractivity contribution >= 4 is 17.4 Å². The number of aryl methyl sites for hydroxylation is 2. The Morgan fingerprint density at radius 1 is 1.08 bits per heavy atom. The fraction of sp³-hybridized carbons (Fsp3) is 0.421. The van der Waals surface area contributed by atoms with Crippen LogP contribution in [0.4, 0.5) is 11.5 Å². The van der Waals surface area contributed by atoms with E-state index >= 15 is 0 Å². The Labute approximate surface area is 144 Å². The standard InChI is InChI=1S/C19H26N4O/c1-5-11-23(12-6-2)18-13-17(20-15(4)21-18)19(24)22-16-10-8-7-9-14(16)3/h7-10,13H,5-6,11-12H2,1-4H3,(H,22,24). The molecule has 128 valence electrons. The van der Waals surface area contributed by atoms with E-state index in [2.05, 4.69) is 34.0 Å². The number of carbonyl (C=O) groups is 1. The minimum absolute atomic E-state index is 0.205. The second-order valence-corrected chi connectivity index (χ2v) is 5.91. The van der Waals surface area contributed by atoms with Crippen molar-refractivity contribution in [2.24, 2.45) is 0 Å². The predicted octanol–water partition coefficient (Wildman–Crippen LogP) is 3.97. The van der Waals surface area contributed by atoms with Crippen LogP contribution in [0.1, 0.15) is 48.6 Å². The van der Waals surface area contributed by atoms with Crippen molar-refractivity contribution in [1.29, 1.82) is 0 Å². The molecule has 1 aromatic carbocycles. The molecule has 0 spiro atoms. The van der Waals surface area contributed by atoms with Crippen molar-refractivity contribution in [3.8, 4) is 0 Å². The molecule has 1 amide bonds. The lowest BCUT2D eigenvalue weighted by Gasteiger charge is -2.23. The van der Waals surface area contributed by atoms with Crippen LogP contribution < -0.4 is 10.2 Å². The van der Waals surface area contributed by atoms with Gasteiger partial charge in [0.15, 0.2) is 0 Å². The van der Waals surface area contributed by atoms with Crippen molar-refractivity contribution in [1.82, 2.24) is 9.97 Å². The molecule has 0 saturated carbocycles. The van der Waals surface area contributed by atoms with Gasteiger partial charge in [-0.25, -0.2) is 9.97 Å². The van der Waals surface area contributed by atoms with Gasteiger partial charge in [-0.3, -0.25) is 4.79 Å². The van der Waals surface area contributed by atoms with Crippen molar-refractivity contribution in [3.63, 3.8) is 0 Å². The second kappa shape index (κ2) is 8.43. The molecule has 1 heterocycles. The average molecular weight is 326 g/mol. The fourth-order valence-corrected chi connectivity index (χ4v) is 2.61. The lowest BCUT2D eigenvalue weighted by molar-refractivity contribution is 0.102. The SMILES string of the molecule is CCCN(CCC)c1cc(C(=O)Nc2ccccc2C)nc(C)n1. The quantitative estimate of drug-likeness (QED) is 0.836. The Morgan fingerprint density at radius 3 is 2.38 bits per heavy atom. The molecule has 0 fully saturated rings. The first-order valence-electron chi connectivity index (χ1n) is 8.52. The molecule has 2 aromatic rings. The zero-order valence-electron chi connectivity index (χ0n) is 15.0. The largest absolute Gasteiger partial charge is 0.357 e. The number of nitrogens with one attached hydrogen (secondary N) is 1. The lowest BCUT2D eigenvalue weighted by Crippen LogP contribution is -2.27. The normalized spacial score (nSPS) is 10.5. The monoisotopic (exact) mass is 326 g/mol. The highest BCUT2D eigenvalue weighted by Gasteiger charge is 2.14. The molecule has 1 N–H and O–H groups in total. The van der Waals surface area contributed by atoms with Gasteiger partial charge in [0.05, 0.1) is 0 Å². The highest BCUT2D eigenvalue weighted by atomic mass is 16.1. The van der Waals surface area contributed by atoms with Crippen LogP contribution in [0.2, 0.25) is 0 Å². The summed E-state index contributed by atoms with van der Waals surface area (Å²) in [5.74, 6) is 1.23. The number of nitrogens with zero attached hydrogens (tertiary/aromatic N) is 3. The number of anilines is 2. The minimum atomic E-state index is -0.205. The van der Waals surface area contributed by atoms with Gasteiger partial charge >= 0.3 is 0 Å². The van der Waals surface area contributed by atoms with E-state index in [0.717, 1.165) is 43.0 Å². The molecule has 5 heteroatoms. The van der Waals surface area contributed by atoms with E-state index in [1.807, 2.05) is 38.1 Å². The maximum absolute atomic E-state index is 12.6. The number of rotatable bonds is 7. The number of benzene rings is 1. The number of para-hydroxylation sites is 1. The van der Waals surface area contributed by atoms with Crippen LogP contribution in [-0.2, 0) is 0 Å². The Kier molecular flexibility index (Phi) is 6.29. The van der Waals surface area contributed by atoms with Gasteiger partial charge in [0, 0.05) is 24.8 Å². The molecular formula is C19H26N4O. The van der Waals surface area contributed by atoms with Gasteiger partial charge in [-0.05, 0) is 38.3 Å². The van der Waals surface area contributed by atoms with E-state index < -0.39 is 0 Å². The van der Waals surface area contributed by atoms with E-state index in [1.54, 1.807) is 6.07 Å². The zero-order chi connectivity index (χ0) is 17.5. The van der Waals surface area contributed by atoms with Gasteiger partial charge in [-0.2, -0.15) is 0 Å². The van der Waals surface area contributed by atoms with Crippen molar-refractivity contribution < 1.29 is 4.79 Å². The molecule has 0 aliphatic carbocycles. The van der Waals surface area contributed by atoms with Gasteiger partial charge in [-0.15, -0.1) is 0 Å². The van der Waals surface area contributed by atoms with E-state index in [1.165, 1.54) is 0 Å². The van der Waals surface area contributed by atoms with Crippen LogP contribution in [0.25, 0.3) is 0 Å². The van der Waals surface area contributed by atoms with Crippen molar-refractivity contribution in [2.45, 2.75) is 40.5 Å². The molecule has 1 aromatic heterocycles. The summed E-state index contributed by atoms with van der Waals surface area (Å²) in [5, 5.41) is 2.94. The highest BCUT2D eigenvalue weighted by molar-refractivity contribution is 6.03. The molecular weight excluding hydrogens is 300 g/mol. The van der Waals surface area contributed by atoms with Gasteiger partial charge in [-0.1, -0.05) is 32.0 Å². The molecule has 0 bridgehead atoms. The smallest absolute Gasteiger partial charge is 0.274 e. The molecule has 0 aliphatic heterocycles. The summed E-state index contributed by atoms with van der Waals surface area (Å²) in [6.45, 7) is 9.91.